The van der Waals surface area contributed by atoms with Crippen LogP contribution in [0, 0.1) is 6.92 Å². The fourth-order valence-electron chi connectivity index (χ4n) is 2.39. The summed E-state index contributed by atoms with van der Waals surface area (Å²) in [7, 11) is 1.76. The lowest BCUT2D eigenvalue weighted by Gasteiger charge is -2.16. The molecule has 0 saturated heterocycles. The van der Waals surface area contributed by atoms with Gasteiger partial charge in [-0.2, -0.15) is 4.98 Å². The van der Waals surface area contributed by atoms with E-state index in [0.29, 0.717) is 40.8 Å². The van der Waals surface area contributed by atoms with Crippen LogP contribution in [0.4, 0.5) is 0 Å². The minimum absolute atomic E-state index is 0.0326. The molecule has 0 bridgehead atoms. The number of carbonyl (C=O) groups is 1. The Morgan fingerprint density at radius 1 is 1.16 bits per heavy atom. The zero-order valence-electron chi connectivity index (χ0n) is 14.1. The third-order valence-corrected chi connectivity index (χ3v) is 4.22. The van der Waals surface area contributed by atoms with Gasteiger partial charge in [-0.25, -0.2) is 0 Å². The Balaban J connectivity index is 1.63. The third-order valence-electron chi connectivity index (χ3n) is 3.89. The summed E-state index contributed by atoms with van der Waals surface area (Å²) in [5, 5.41) is 4.53. The number of benzene rings is 2. The van der Waals surface area contributed by atoms with Gasteiger partial charge < -0.3 is 9.42 Å². The molecule has 0 aliphatic rings. The molecule has 6 heteroatoms. The Kier molecular flexibility index (Phi) is 5.14. The molecule has 2 aromatic carbocycles. The first-order chi connectivity index (χ1) is 12.0. The second kappa shape index (κ2) is 7.49. The number of hydrogen-bond donors (Lipinski definition) is 0. The molecule has 0 N–H and O–H groups in total. The molecule has 1 aromatic heterocycles. The van der Waals surface area contributed by atoms with Crippen LogP contribution < -0.4 is 0 Å². The van der Waals surface area contributed by atoms with E-state index in [9.17, 15) is 4.79 Å². The molecule has 0 spiro atoms. The van der Waals surface area contributed by atoms with E-state index in [0.717, 1.165) is 5.56 Å². The molecule has 1 amide bonds. The Labute approximate surface area is 151 Å². The first-order valence-electron chi connectivity index (χ1n) is 7.94. The molecule has 0 fully saturated rings. The maximum Gasteiger partial charge on any atom is 0.259 e. The summed E-state index contributed by atoms with van der Waals surface area (Å²) in [6.07, 6.45) is 0.502. The van der Waals surface area contributed by atoms with E-state index < -0.39 is 0 Å². The van der Waals surface area contributed by atoms with Crippen LogP contribution in [-0.2, 0) is 6.42 Å². The topological polar surface area (TPSA) is 59.2 Å². The van der Waals surface area contributed by atoms with E-state index in [2.05, 4.69) is 10.1 Å². The second-order valence-corrected chi connectivity index (χ2v) is 6.25. The molecule has 0 aliphatic carbocycles. The number of carbonyl (C=O) groups excluding carboxylic acids is 1. The van der Waals surface area contributed by atoms with Crippen molar-refractivity contribution in [2.45, 2.75) is 13.3 Å². The van der Waals surface area contributed by atoms with Gasteiger partial charge in [-0.3, -0.25) is 4.79 Å². The lowest BCUT2D eigenvalue weighted by atomic mass is 10.1. The molecule has 0 saturated carbocycles. The van der Waals surface area contributed by atoms with Crippen LogP contribution in [-0.4, -0.2) is 34.5 Å². The van der Waals surface area contributed by atoms with Gasteiger partial charge in [-0.1, -0.05) is 46.6 Å². The molecule has 0 unspecified atom stereocenters. The average molecular weight is 356 g/mol. The van der Waals surface area contributed by atoms with Crippen LogP contribution in [0.5, 0.6) is 0 Å². The van der Waals surface area contributed by atoms with E-state index in [1.54, 1.807) is 18.0 Å². The van der Waals surface area contributed by atoms with E-state index in [-0.39, 0.29) is 5.91 Å². The SMILES string of the molecule is Cc1ccc(C(=O)N(C)CCc2noc(-c3ccccc3Cl)n2)cc1. The standard InChI is InChI=1S/C19H18ClN3O2/c1-13-7-9-14(10-8-13)19(24)23(2)12-11-17-21-18(25-22-17)15-5-3-4-6-16(15)20/h3-10H,11-12H2,1-2H3. The molecule has 0 atom stereocenters. The van der Waals surface area contributed by atoms with Crippen LogP contribution in [0.2, 0.25) is 5.02 Å². The molecule has 25 heavy (non-hydrogen) atoms. The molecule has 3 aromatic rings. The fourth-order valence-corrected chi connectivity index (χ4v) is 2.60. The predicted molar refractivity (Wildman–Crippen MR) is 96.6 cm³/mol. The van der Waals surface area contributed by atoms with Crippen LogP contribution in [0.25, 0.3) is 11.5 Å². The largest absolute Gasteiger partial charge is 0.341 e. The van der Waals surface area contributed by atoms with Gasteiger partial charge >= 0.3 is 0 Å². The number of rotatable bonds is 5. The minimum atomic E-state index is -0.0326. The summed E-state index contributed by atoms with van der Waals surface area (Å²) >= 11 is 6.14. The van der Waals surface area contributed by atoms with Crippen molar-refractivity contribution in [1.29, 1.82) is 0 Å². The monoisotopic (exact) mass is 355 g/mol. The lowest BCUT2D eigenvalue weighted by Crippen LogP contribution is -2.29. The minimum Gasteiger partial charge on any atom is -0.341 e. The van der Waals surface area contributed by atoms with E-state index in [1.165, 1.54) is 0 Å². The Bertz CT molecular complexity index is 874. The number of likely N-dealkylation sites (N-methyl/N-ethyl adjacent to an activating group) is 1. The van der Waals surface area contributed by atoms with Crippen molar-refractivity contribution < 1.29 is 9.32 Å². The number of aryl methyl sites for hydroxylation is 1. The fraction of sp³-hybridized carbons (Fsp3) is 0.211. The highest BCUT2D eigenvalue weighted by molar-refractivity contribution is 6.33. The summed E-state index contributed by atoms with van der Waals surface area (Å²) < 4.78 is 5.27. The van der Waals surface area contributed by atoms with Gasteiger partial charge in [0.05, 0.1) is 10.6 Å². The highest BCUT2D eigenvalue weighted by Gasteiger charge is 2.15. The molecule has 0 aliphatic heterocycles. The van der Waals surface area contributed by atoms with Crippen molar-refractivity contribution in [3.8, 4) is 11.5 Å². The number of amides is 1. The van der Waals surface area contributed by atoms with Gasteiger partial charge in [0, 0.05) is 25.6 Å². The third kappa shape index (κ3) is 4.06. The van der Waals surface area contributed by atoms with Crippen molar-refractivity contribution in [3.05, 3.63) is 70.5 Å². The number of halogens is 1. The van der Waals surface area contributed by atoms with Gasteiger partial charge in [0.15, 0.2) is 5.82 Å². The Morgan fingerprint density at radius 2 is 1.88 bits per heavy atom. The van der Waals surface area contributed by atoms with E-state index in [1.807, 2.05) is 49.4 Å². The van der Waals surface area contributed by atoms with Crippen molar-refractivity contribution in [1.82, 2.24) is 15.0 Å². The molecule has 128 valence electrons. The van der Waals surface area contributed by atoms with E-state index >= 15 is 0 Å². The Hall–Kier alpha value is -2.66. The average Bonchev–Trinajstić information content (AvgIpc) is 3.09. The summed E-state index contributed by atoms with van der Waals surface area (Å²) in [6, 6.07) is 14.8. The summed E-state index contributed by atoms with van der Waals surface area (Å²) in [6.45, 7) is 2.49. The molecular weight excluding hydrogens is 338 g/mol. The van der Waals surface area contributed by atoms with Crippen molar-refractivity contribution in [2.75, 3.05) is 13.6 Å². The lowest BCUT2D eigenvalue weighted by molar-refractivity contribution is 0.0796. The van der Waals surface area contributed by atoms with Crippen LogP contribution >= 0.6 is 11.6 Å². The van der Waals surface area contributed by atoms with Crippen LogP contribution in [0.3, 0.4) is 0 Å². The summed E-state index contributed by atoms with van der Waals surface area (Å²) in [5.41, 5.74) is 2.49. The quantitative estimate of drug-likeness (QED) is 0.693. The van der Waals surface area contributed by atoms with Crippen molar-refractivity contribution >= 4 is 17.5 Å². The van der Waals surface area contributed by atoms with Gasteiger partial charge in [0.1, 0.15) is 0 Å². The second-order valence-electron chi connectivity index (χ2n) is 5.84. The maximum absolute atomic E-state index is 12.4. The van der Waals surface area contributed by atoms with Crippen molar-refractivity contribution in [3.63, 3.8) is 0 Å². The predicted octanol–water partition coefficient (Wildman–Crippen LogP) is 4.01. The van der Waals surface area contributed by atoms with Gasteiger partial charge in [-0.05, 0) is 31.2 Å². The smallest absolute Gasteiger partial charge is 0.259 e. The number of nitrogens with zero attached hydrogens (tertiary/aromatic N) is 3. The summed E-state index contributed by atoms with van der Waals surface area (Å²) in [4.78, 5) is 18.4. The molecule has 3 rings (SSSR count). The highest BCUT2D eigenvalue weighted by atomic mass is 35.5. The molecule has 1 heterocycles. The van der Waals surface area contributed by atoms with Crippen molar-refractivity contribution in [2.24, 2.45) is 0 Å². The van der Waals surface area contributed by atoms with Crippen LogP contribution in [0.1, 0.15) is 21.7 Å². The zero-order valence-corrected chi connectivity index (χ0v) is 14.8. The summed E-state index contributed by atoms with van der Waals surface area (Å²) in [5.74, 6) is 0.890. The zero-order chi connectivity index (χ0) is 17.8. The maximum atomic E-state index is 12.4. The first-order valence-corrected chi connectivity index (χ1v) is 8.32. The van der Waals surface area contributed by atoms with Gasteiger partial charge in [-0.15, -0.1) is 0 Å². The Morgan fingerprint density at radius 3 is 2.60 bits per heavy atom. The molecule has 5 nitrogen and oxygen atoms in total. The van der Waals surface area contributed by atoms with Gasteiger partial charge in [0.2, 0.25) is 0 Å². The molecule has 0 radical (unpaired) electrons. The van der Waals surface area contributed by atoms with E-state index in [4.69, 9.17) is 16.1 Å². The normalized spacial score (nSPS) is 10.7. The van der Waals surface area contributed by atoms with Crippen LogP contribution in [0.15, 0.2) is 53.1 Å². The number of aromatic nitrogens is 2. The first kappa shape index (κ1) is 17.2. The van der Waals surface area contributed by atoms with Gasteiger partial charge in [0.25, 0.3) is 11.8 Å². The molecular formula is C19H18ClN3O2. The number of hydrogen-bond acceptors (Lipinski definition) is 4. The highest BCUT2D eigenvalue weighted by Crippen LogP contribution is 2.25.